The molecule has 1 heterocycles. The van der Waals surface area contributed by atoms with Gasteiger partial charge in [0.2, 0.25) is 0 Å². The number of amides is 3. The van der Waals surface area contributed by atoms with Crippen LogP contribution < -0.4 is 0 Å². The highest BCUT2D eigenvalue weighted by Gasteiger charge is 2.63. The highest BCUT2D eigenvalue weighted by atomic mass is 16.6. The number of carbonyl (C=O) groups is 4. The maximum absolute atomic E-state index is 13.7. The van der Waals surface area contributed by atoms with Crippen LogP contribution in [-0.2, 0) is 9.59 Å². The van der Waals surface area contributed by atoms with Crippen molar-refractivity contribution in [3.8, 4) is 0 Å². The monoisotopic (exact) mass is 475 g/mol. The van der Waals surface area contributed by atoms with Gasteiger partial charge in [0.05, 0.1) is 16.8 Å². The average Bonchev–Trinajstić information content (AvgIpc) is 3.54. The summed E-state index contributed by atoms with van der Waals surface area (Å²) in [4.78, 5) is 64.6. The van der Waals surface area contributed by atoms with Crippen molar-refractivity contribution in [3.63, 3.8) is 0 Å². The number of aryl methyl sites for hydroxylation is 1. The van der Waals surface area contributed by atoms with E-state index in [1.165, 1.54) is 31.2 Å². The molecule has 0 spiro atoms. The van der Waals surface area contributed by atoms with Crippen molar-refractivity contribution in [2.45, 2.75) is 39.2 Å². The molecule has 3 aliphatic rings. The number of nitrogens with zero attached hydrogens (tertiary/aromatic N) is 3. The van der Waals surface area contributed by atoms with Gasteiger partial charge in [-0.2, -0.15) is 5.01 Å². The molecule has 1 saturated heterocycles. The van der Waals surface area contributed by atoms with Crippen molar-refractivity contribution in [1.29, 1.82) is 0 Å². The molecule has 3 fully saturated rings. The third-order valence-electron chi connectivity index (χ3n) is 7.74. The average molecular weight is 476 g/mol. The van der Waals surface area contributed by atoms with Crippen LogP contribution in [0, 0.1) is 40.7 Å². The first-order valence-corrected chi connectivity index (χ1v) is 11.8. The van der Waals surface area contributed by atoms with Crippen LogP contribution in [0.4, 0.5) is 5.69 Å². The highest BCUT2D eigenvalue weighted by molar-refractivity contribution is 6.10. The van der Waals surface area contributed by atoms with E-state index in [4.69, 9.17) is 0 Å². The number of ketones is 1. The predicted octanol–water partition coefficient (Wildman–Crippen LogP) is 3.56. The van der Waals surface area contributed by atoms with E-state index in [1.54, 1.807) is 24.3 Å². The second-order valence-corrected chi connectivity index (χ2v) is 9.73. The van der Waals surface area contributed by atoms with E-state index in [0.717, 1.165) is 34.8 Å². The van der Waals surface area contributed by atoms with Gasteiger partial charge in [-0.15, -0.1) is 0 Å². The summed E-state index contributed by atoms with van der Waals surface area (Å²) < 4.78 is 0. The summed E-state index contributed by atoms with van der Waals surface area (Å²) in [6.07, 6.45) is 2.61. The maximum Gasteiger partial charge on any atom is 0.273 e. The number of fused-ring (bicyclic) bond motifs is 5. The Labute approximate surface area is 201 Å². The summed E-state index contributed by atoms with van der Waals surface area (Å²) in [7, 11) is 0. The Hall–Kier alpha value is -3.88. The van der Waals surface area contributed by atoms with Gasteiger partial charge in [0.25, 0.3) is 23.4 Å². The Morgan fingerprint density at radius 3 is 1.97 bits per heavy atom. The molecule has 1 aliphatic heterocycles. The van der Waals surface area contributed by atoms with E-state index in [0.29, 0.717) is 5.56 Å². The first kappa shape index (κ1) is 22.9. The molecule has 2 aromatic carbocycles. The van der Waals surface area contributed by atoms with Gasteiger partial charge in [-0.1, -0.05) is 29.8 Å². The van der Waals surface area contributed by atoms with E-state index in [1.807, 2.05) is 6.92 Å². The molecule has 2 saturated carbocycles. The number of benzene rings is 2. The van der Waals surface area contributed by atoms with E-state index >= 15 is 0 Å². The molecule has 0 aromatic heterocycles. The van der Waals surface area contributed by atoms with Crippen molar-refractivity contribution in [1.82, 2.24) is 10.0 Å². The van der Waals surface area contributed by atoms with Gasteiger partial charge < -0.3 is 0 Å². The molecule has 3 amide bonds. The highest BCUT2D eigenvalue weighted by Crippen LogP contribution is 2.56. The van der Waals surface area contributed by atoms with Gasteiger partial charge in [0.15, 0.2) is 5.78 Å². The molecule has 2 aromatic rings. The largest absolute Gasteiger partial charge is 0.292 e. The van der Waals surface area contributed by atoms with Crippen molar-refractivity contribution in [2.24, 2.45) is 23.7 Å². The Morgan fingerprint density at radius 2 is 1.46 bits per heavy atom. The van der Waals surface area contributed by atoms with Gasteiger partial charge in [0, 0.05) is 23.3 Å². The Balaban J connectivity index is 1.53. The summed E-state index contributed by atoms with van der Waals surface area (Å²) in [5.74, 6) is -2.72. The normalized spacial score (nSPS) is 25.5. The van der Waals surface area contributed by atoms with Crippen LogP contribution in [0.5, 0.6) is 0 Å². The third kappa shape index (κ3) is 3.62. The molecule has 180 valence electrons. The van der Waals surface area contributed by atoms with Crippen molar-refractivity contribution in [2.75, 3.05) is 0 Å². The van der Waals surface area contributed by atoms with Crippen molar-refractivity contribution >= 4 is 29.2 Å². The number of hydrogen-bond acceptors (Lipinski definition) is 6. The van der Waals surface area contributed by atoms with Gasteiger partial charge in [-0.3, -0.25) is 29.3 Å². The summed E-state index contributed by atoms with van der Waals surface area (Å²) in [6.45, 7) is 3.38. The number of non-ortho nitro benzene ring substituents is 1. The summed E-state index contributed by atoms with van der Waals surface area (Å²) in [5.41, 5.74) is 1.15. The zero-order valence-electron chi connectivity index (χ0n) is 19.4. The zero-order valence-corrected chi connectivity index (χ0v) is 19.4. The lowest BCUT2D eigenvalue weighted by Crippen LogP contribution is -2.56. The molecule has 9 heteroatoms. The van der Waals surface area contributed by atoms with Gasteiger partial charge in [-0.25, -0.2) is 5.01 Å². The van der Waals surface area contributed by atoms with Gasteiger partial charge in [0.1, 0.15) is 6.04 Å². The minimum atomic E-state index is -1.15. The van der Waals surface area contributed by atoms with Crippen molar-refractivity contribution < 1.29 is 24.1 Å². The van der Waals surface area contributed by atoms with Crippen LogP contribution in [0.3, 0.4) is 0 Å². The SMILES string of the molecule is Cc1ccc(C(=O)[C@H](C)N(C(=O)c2ccc([N+](=O)[O-])cc2)N2C(=O)[C@@H]3[C@H]4CC[C@@H](C4)[C@@H]3C2=O)cc1. The summed E-state index contributed by atoms with van der Waals surface area (Å²) in [5, 5.41) is 12.9. The molecule has 2 bridgehead atoms. The zero-order chi connectivity index (χ0) is 25.0. The second kappa shape index (κ2) is 8.41. The predicted molar refractivity (Wildman–Crippen MR) is 124 cm³/mol. The third-order valence-corrected chi connectivity index (χ3v) is 7.74. The van der Waals surface area contributed by atoms with E-state index in [2.05, 4.69) is 0 Å². The number of nitro benzene ring substituents is 1. The van der Waals surface area contributed by atoms with Crippen LogP contribution in [0.25, 0.3) is 0 Å². The first-order valence-electron chi connectivity index (χ1n) is 11.8. The fraction of sp³-hybridized carbons (Fsp3) is 0.385. The Bertz CT molecular complexity index is 1210. The smallest absolute Gasteiger partial charge is 0.273 e. The van der Waals surface area contributed by atoms with E-state index in [-0.39, 0.29) is 23.1 Å². The van der Waals surface area contributed by atoms with Crippen LogP contribution in [-0.4, -0.2) is 44.5 Å². The Morgan fingerprint density at radius 1 is 0.943 bits per heavy atom. The van der Waals surface area contributed by atoms with Crippen LogP contribution in [0.2, 0.25) is 0 Å². The minimum absolute atomic E-state index is 0.0415. The molecule has 5 atom stereocenters. The standard InChI is InChI=1S/C26H25N3O6/c1-14-3-5-16(6-4-14)23(30)15(2)27(24(31)17-9-11-20(12-10-17)29(34)35)28-25(32)21-18-7-8-19(13-18)22(21)26(28)33/h3-6,9-12,15,18-19,21-22H,7-8,13H2,1-2H3/t15-,18-,19-,21-,22+/m0/s1. The second-order valence-electron chi connectivity index (χ2n) is 9.73. The number of nitro groups is 1. The molecule has 0 N–H and O–H groups in total. The summed E-state index contributed by atoms with van der Waals surface area (Å²) >= 11 is 0. The number of hydrazine groups is 1. The molecule has 0 unspecified atom stereocenters. The fourth-order valence-corrected chi connectivity index (χ4v) is 5.97. The number of Topliss-reactive ketones (excluding diaryl/α,β-unsaturated/α-hetero) is 1. The molecule has 2 aliphatic carbocycles. The molecular formula is C26H25N3O6. The minimum Gasteiger partial charge on any atom is -0.292 e. The Kier molecular flexibility index (Phi) is 5.50. The molecule has 0 radical (unpaired) electrons. The lowest BCUT2D eigenvalue weighted by molar-refractivity contribution is -0.384. The van der Waals surface area contributed by atoms with Gasteiger partial charge >= 0.3 is 0 Å². The van der Waals surface area contributed by atoms with E-state index in [9.17, 15) is 29.3 Å². The lowest BCUT2D eigenvalue weighted by Gasteiger charge is -2.35. The van der Waals surface area contributed by atoms with Crippen LogP contribution >= 0.6 is 0 Å². The molecule has 9 nitrogen and oxygen atoms in total. The number of rotatable bonds is 6. The van der Waals surface area contributed by atoms with Crippen LogP contribution in [0.15, 0.2) is 48.5 Å². The fourth-order valence-electron chi connectivity index (χ4n) is 5.97. The maximum atomic E-state index is 13.7. The molecular weight excluding hydrogens is 450 g/mol. The topological polar surface area (TPSA) is 118 Å². The number of carbonyl (C=O) groups excluding carboxylic acids is 4. The number of hydrogen-bond donors (Lipinski definition) is 0. The van der Waals surface area contributed by atoms with Crippen LogP contribution in [0.1, 0.15) is 52.5 Å². The first-order chi connectivity index (χ1) is 16.7. The van der Waals surface area contributed by atoms with Gasteiger partial charge in [-0.05, 0) is 57.1 Å². The van der Waals surface area contributed by atoms with Crippen molar-refractivity contribution in [3.05, 3.63) is 75.3 Å². The molecule has 5 rings (SSSR count). The van der Waals surface area contributed by atoms with E-state index < -0.39 is 46.3 Å². The summed E-state index contributed by atoms with van der Waals surface area (Å²) in [6, 6.07) is 10.6. The number of imide groups is 1. The quantitative estimate of drug-likeness (QED) is 0.273. The molecule has 35 heavy (non-hydrogen) atoms. The lowest BCUT2D eigenvalue weighted by atomic mass is 9.81.